The van der Waals surface area contributed by atoms with Gasteiger partial charge in [-0.3, -0.25) is 0 Å². The zero-order valence-electron chi connectivity index (χ0n) is 15.5. The van der Waals surface area contributed by atoms with Crippen LogP contribution in [0.1, 0.15) is 29.7 Å². The van der Waals surface area contributed by atoms with Crippen LogP contribution in [0, 0.1) is 6.92 Å². The highest BCUT2D eigenvalue weighted by Crippen LogP contribution is 2.33. The third-order valence-corrected chi connectivity index (χ3v) is 4.42. The van der Waals surface area contributed by atoms with E-state index in [-0.39, 0.29) is 6.03 Å². The van der Waals surface area contributed by atoms with E-state index in [1.165, 1.54) is 12.7 Å². The number of aryl methyl sites for hydroxylation is 1. The van der Waals surface area contributed by atoms with Crippen LogP contribution >= 0.6 is 0 Å². The number of methoxy groups -OCH3 is 1. The molecule has 0 bridgehead atoms. The number of esters is 1. The second-order valence-corrected chi connectivity index (χ2v) is 6.37. The number of rotatable bonds is 5. The van der Waals surface area contributed by atoms with Crippen molar-refractivity contribution >= 4 is 12.0 Å². The number of para-hydroxylation sites is 1. The van der Waals surface area contributed by atoms with Crippen LogP contribution in [0.2, 0.25) is 0 Å². The van der Waals surface area contributed by atoms with Crippen LogP contribution in [0.3, 0.4) is 0 Å². The molecular weight excluding hydrogens is 344 g/mol. The van der Waals surface area contributed by atoms with E-state index in [1.807, 2.05) is 55.5 Å². The largest absolute Gasteiger partial charge is 0.489 e. The molecule has 2 aromatic rings. The van der Waals surface area contributed by atoms with Gasteiger partial charge in [0.05, 0.1) is 18.7 Å². The average Bonchev–Trinajstić information content (AvgIpc) is 2.66. The van der Waals surface area contributed by atoms with E-state index in [9.17, 15) is 9.59 Å². The Kier molecular flexibility index (Phi) is 5.45. The van der Waals surface area contributed by atoms with Gasteiger partial charge in [0.25, 0.3) is 0 Å². The zero-order valence-corrected chi connectivity index (χ0v) is 15.5. The number of carbonyl (C=O) groups is 2. The van der Waals surface area contributed by atoms with E-state index >= 15 is 0 Å². The van der Waals surface area contributed by atoms with E-state index in [2.05, 4.69) is 10.6 Å². The molecule has 2 aromatic carbocycles. The van der Waals surface area contributed by atoms with Gasteiger partial charge in [-0.15, -0.1) is 0 Å². The summed E-state index contributed by atoms with van der Waals surface area (Å²) in [5, 5.41) is 5.40. The minimum Gasteiger partial charge on any atom is -0.489 e. The normalized spacial score (nSPS) is 16.4. The van der Waals surface area contributed by atoms with Crippen LogP contribution in [-0.2, 0) is 16.1 Å². The number of hydrogen-bond donors (Lipinski definition) is 2. The standard InChI is InChI=1S/C21H22N2O4/c1-13-8-10-15(11-9-13)12-27-17-7-5-4-6-16(17)19-18(20(24)26-3)14(2)22-21(25)23-19/h4-11,19H,12H2,1-3H3,(H2,22,23,25). The third kappa shape index (κ3) is 4.11. The Balaban J connectivity index is 1.91. The predicted octanol–water partition coefficient (Wildman–Crippen LogP) is 3.37. The van der Waals surface area contributed by atoms with Gasteiger partial charge in [0.15, 0.2) is 0 Å². The summed E-state index contributed by atoms with van der Waals surface area (Å²) < 4.78 is 10.9. The second-order valence-electron chi connectivity index (χ2n) is 6.37. The Bertz CT molecular complexity index is 887. The molecule has 0 fully saturated rings. The van der Waals surface area contributed by atoms with Crippen molar-refractivity contribution in [3.8, 4) is 5.75 Å². The van der Waals surface area contributed by atoms with Gasteiger partial charge in [0.2, 0.25) is 0 Å². The van der Waals surface area contributed by atoms with Crippen molar-refractivity contribution in [1.82, 2.24) is 10.6 Å². The van der Waals surface area contributed by atoms with Gasteiger partial charge in [-0.25, -0.2) is 9.59 Å². The van der Waals surface area contributed by atoms with Crippen molar-refractivity contribution in [3.05, 3.63) is 76.5 Å². The number of amides is 2. The molecule has 27 heavy (non-hydrogen) atoms. The van der Waals surface area contributed by atoms with Crippen LogP contribution in [0.25, 0.3) is 0 Å². The molecule has 0 saturated carbocycles. The van der Waals surface area contributed by atoms with Crippen LogP contribution in [0.4, 0.5) is 4.79 Å². The van der Waals surface area contributed by atoms with Gasteiger partial charge >= 0.3 is 12.0 Å². The lowest BCUT2D eigenvalue weighted by Gasteiger charge is -2.29. The van der Waals surface area contributed by atoms with Crippen molar-refractivity contribution in [1.29, 1.82) is 0 Å². The first-order valence-electron chi connectivity index (χ1n) is 8.63. The van der Waals surface area contributed by atoms with Crippen molar-refractivity contribution in [2.75, 3.05) is 7.11 Å². The highest BCUT2D eigenvalue weighted by Gasteiger charge is 2.33. The van der Waals surface area contributed by atoms with Gasteiger partial charge in [0, 0.05) is 11.3 Å². The van der Waals surface area contributed by atoms with Crippen LogP contribution < -0.4 is 15.4 Å². The van der Waals surface area contributed by atoms with Gasteiger partial charge in [0.1, 0.15) is 12.4 Å². The molecular formula is C21H22N2O4. The molecule has 3 rings (SSSR count). The van der Waals surface area contributed by atoms with Crippen molar-refractivity contribution in [2.24, 2.45) is 0 Å². The first-order chi connectivity index (χ1) is 13.0. The molecule has 0 aliphatic carbocycles. The molecule has 1 aliphatic heterocycles. The van der Waals surface area contributed by atoms with Gasteiger partial charge in [-0.2, -0.15) is 0 Å². The Morgan fingerprint density at radius 2 is 1.78 bits per heavy atom. The number of allylic oxidation sites excluding steroid dienone is 1. The van der Waals surface area contributed by atoms with Crippen LogP contribution in [0.5, 0.6) is 5.75 Å². The number of carbonyl (C=O) groups excluding carboxylic acids is 2. The fraction of sp³-hybridized carbons (Fsp3) is 0.238. The molecule has 1 atom stereocenters. The first-order valence-corrected chi connectivity index (χ1v) is 8.63. The lowest BCUT2D eigenvalue weighted by Crippen LogP contribution is -2.45. The summed E-state index contributed by atoms with van der Waals surface area (Å²) in [7, 11) is 1.32. The lowest BCUT2D eigenvalue weighted by atomic mass is 9.95. The van der Waals surface area contributed by atoms with Crippen molar-refractivity contribution in [3.63, 3.8) is 0 Å². The number of ether oxygens (including phenoxy) is 2. The van der Waals surface area contributed by atoms with Crippen molar-refractivity contribution in [2.45, 2.75) is 26.5 Å². The minimum absolute atomic E-state index is 0.350. The molecule has 0 radical (unpaired) electrons. The van der Waals surface area contributed by atoms with E-state index in [1.54, 1.807) is 6.92 Å². The monoisotopic (exact) mass is 366 g/mol. The number of urea groups is 1. The molecule has 1 heterocycles. The average molecular weight is 366 g/mol. The Hall–Kier alpha value is -3.28. The highest BCUT2D eigenvalue weighted by molar-refractivity contribution is 5.95. The van der Waals surface area contributed by atoms with Gasteiger partial charge in [-0.05, 0) is 25.5 Å². The Morgan fingerprint density at radius 3 is 2.48 bits per heavy atom. The zero-order chi connectivity index (χ0) is 19.4. The van der Waals surface area contributed by atoms with E-state index in [4.69, 9.17) is 9.47 Å². The Morgan fingerprint density at radius 1 is 1.07 bits per heavy atom. The smallest absolute Gasteiger partial charge is 0.337 e. The molecule has 2 N–H and O–H groups in total. The summed E-state index contributed by atoms with van der Waals surface area (Å²) in [6.45, 7) is 4.09. The summed E-state index contributed by atoms with van der Waals surface area (Å²) in [5.74, 6) is 0.0952. The molecule has 1 aliphatic rings. The maximum absolute atomic E-state index is 12.3. The molecule has 6 heteroatoms. The van der Waals surface area contributed by atoms with Crippen LogP contribution in [-0.4, -0.2) is 19.1 Å². The van der Waals surface area contributed by atoms with Gasteiger partial charge < -0.3 is 20.1 Å². The van der Waals surface area contributed by atoms with Gasteiger partial charge in [-0.1, -0.05) is 48.0 Å². The SMILES string of the molecule is COC(=O)C1=C(C)NC(=O)NC1c1ccccc1OCc1ccc(C)cc1. The van der Waals surface area contributed by atoms with Crippen molar-refractivity contribution < 1.29 is 19.1 Å². The summed E-state index contributed by atoms with van der Waals surface area (Å²) >= 11 is 0. The Labute approximate surface area is 158 Å². The summed E-state index contributed by atoms with van der Waals surface area (Å²) in [6, 6.07) is 14.4. The number of hydrogen-bond acceptors (Lipinski definition) is 4. The highest BCUT2D eigenvalue weighted by atomic mass is 16.5. The number of benzene rings is 2. The molecule has 0 aromatic heterocycles. The molecule has 0 saturated heterocycles. The molecule has 140 valence electrons. The maximum Gasteiger partial charge on any atom is 0.337 e. The summed E-state index contributed by atoms with van der Waals surface area (Å²) in [5.41, 5.74) is 3.72. The van der Waals surface area contributed by atoms with E-state index in [0.29, 0.717) is 29.2 Å². The topological polar surface area (TPSA) is 76.7 Å². The molecule has 6 nitrogen and oxygen atoms in total. The summed E-state index contributed by atoms with van der Waals surface area (Å²) in [6.07, 6.45) is 0. The quantitative estimate of drug-likeness (QED) is 0.796. The fourth-order valence-electron chi connectivity index (χ4n) is 3.00. The molecule has 0 spiro atoms. The molecule has 1 unspecified atom stereocenters. The predicted molar refractivity (Wildman–Crippen MR) is 101 cm³/mol. The van der Waals surface area contributed by atoms with Crippen LogP contribution in [0.15, 0.2) is 59.8 Å². The summed E-state index contributed by atoms with van der Waals surface area (Å²) in [4.78, 5) is 24.3. The number of nitrogens with one attached hydrogen (secondary N) is 2. The lowest BCUT2D eigenvalue weighted by molar-refractivity contribution is -0.136. The second kappa shape index (κ2) is 7.95. The maximum atomic E-state index is 12.3. The van der Waals surface area contributed by atoms with E-state index in [0.717, 1.165) is 5.56 Å². The minimum atomic E-state index is -0.652. The van der Waals surface area contributed by atoms with E-state index < -0.39 is 12.0 Å². The fourth-order valence-corrected chi connectivity index (χ4v) is 3.00. The third-order valence-electron chi connectivity index (χ3n) is 4.42. The first kappa shape index (κ1) is 18.5. The molecule has 2 amide bonds.